The van der Waals surface area contributed by atoms with Gasteiger partial charge < -0.3 is 11.1 Å². The van der Waals surface area contributed by atoms with E-state index in [2.05, 4.69) is 5.32 Å². The van der Waals surface area contributed by atoms with Gasteiger partial charge in [-0.05, 0) is 0 Å². The van der Waals surface area contributed by atoms with E-state index < -0.39 is 6.04 Å². The van der Waals surface area contributed by atoms with Crippen LogP contribution in [0.2, 0.25) is 0 Å². The van der Waals surface area contributed by atoms with Gasteiger partial charge in [-0.1, -0.05) is 0 Å². The SMILES string of the molecule is NCC1NC(=O)CC1=O. The molecule has 0 radical (unpaired) electrons. The molecule has 1 rings (SSSR count). The van der Waals surface area contributed by atoms with Crippen molar-refractivity contribution in [3.05, 3.63) is 0 Å². The second-order valence-electron chi connectivity index (χ2n) is 2.00. The molecular formula is C5H8N2O2. The van der Waals surface area contributed by atoms with E-state index in [1.165, 1.54) is 0 Å². The van der Waals surface area contributed by atoms with Crippen molar-refractivity contribution < 1.29 is 9.59 Å². The van der Waals surface area contributed by atoms with Crippen molar-refractivity contribution in [2.75, 3.05) is 6.54 Å². The lowest BCUT2D eigenvalue weighted by Crippen LogP contribution is -2.36. The summed E-state index contributed by atoms with van der Waals surface area (Å²) in [7, 11) is 0. The van der Waals surface area contributed by atoms with Crippen LogP contribution in [0.4, 0.5) is 0 Å². The molecule has 50 valence electrons. The molecule has 0 aromatic heterocycles. The number of ketones is 1. The van der Waals surface area contributed by atoms with Gasteiger partial charge in [0.15, 0.2) is 5.78 Å². The standard InChI is InChI=1S/C5H8N2O2/c6-2-3-4(8)1-5(9)7-3/h3H,1-2,6H2,(H,7,9). The van der Waals surface area contributed by atoms with Gasteiger partial charge in [0.2, 0.25) is 5.91 Å². The van der Waals surface area contributed by atoms with Gasteiger partial charge in [0, 0.05) is 6.54 Å². The summed E-state index contributed by atoms with van der Waals surface area (Å²) in [5, 5.41) is 2.44. The molecular weight excluding hydrogens is 120 g/mol. The summed E-state index contributed by atoms with van der Waals surface area (Å²) in [4.78, 5) is 21.1. The zero-order chi connectivity index (χ0) is 6.85. The molecule has 4 heteroatoms. The van der Waals surface area contributed by atoms with Crippen molar-refractivity contribution in [2.24, 2.45) is 5.73 Å². The Morgan fingerprint density at radius 3 is 2.56 bits per heavy atom. The molecule has 1 aliphatic rings. The third-order valence-corrected chi connectivity index (χ3v) is 1.29. The number of rotatable bonds is 1. The summed E-state index contributed by atoms with van der Waals surface area (Å²) in [6.45, 7) is 0.213. The van der Waals surface area contributed by atoms with Crippen LogP contribution in [0, 0.1) is 0 Å². The van der Waals surface area contributed by atoms with Crippen LogP contribution in [0.25, 0.3) is 0 Å². The van der Waals surface area contributed by atoms with Gasteiger partial charge in [0.05, 0.1) is 6.42 Å². The molecule has 0 aromatic carbocycles. The first-order valence-electron chi connectivity index (χ1n) is 2.76. The van der Waals surface area contributed by atoms with E-state index in [0.29, 0.717) is 0 Å². The minimum Gasteiger partial charge on any atom is -0.345 e. The molecule has 1 fully saturated rings. The fraction of sp³-hybridized carbons (Fsp3) is 0.600. The normalized spacial score (nSPS) is 26.6. The monoisotopic (exact) mass is 128 g/mol. The van der Waals surface area contributed by atoms with Gasteiger partial charge >= 0.3 is 0 Å². The van der Waals surface area contributed by atoms with Crippen molar-refractivity contribution in [1.82, 2.24) is 5.32 Å². The average Bonchev–Trinajstić information content (AvgIpc) is 2.10. The Balaban J connectivity index is 2.58. The van der Waals surface area contributed by atoms with Gasteiger partial charge in [-0.2, -0.15) is 0 Å². The number of carbonyl (C=O) groups excluding carboxylic acids is 2. The minimum absolute atomic E-state index is 0.00185. The summed E-state index contributed by atoms with van der Waals surface area (Å²) in [6.07, 6.45) is 0.00185. The average molecular weight is 128 g/mol. The Bertz CT molecular complexity index is 155. The van der Waals surface area contributed by atoms with Crippen LogP contribution in [0.1, 0.15) is 6.42 Å². The number of amides is 1. The van der Waals surface area contributed by atoms with E-state index in [9.17, 15) is 9.59 Å². The molecule has 4 nitrogen and oxygen atoms in total. The Morgan fingerprint density at radius 1 is 1.67 bits per heavy atom. The highest BCUT2D eigenvalue weighted by atomic mass is 16.2. The first kappa shape index (κ1) is 6.22. The fourth-order valence-electron chi connectivity index (χ4n) is 0.798. The minimum atomic E-state index is -0.419. The number of carbonyl (C=O) groups is 2. The second-order valence-corrected chi connectivity index (χ2v) is 2.00. The van der Waals surface area contributed by atoms with Crippen LogP contribution in [0.5, 0.6) is 0 Å². The van der Waals surface area contributed by atoms with Gasteiger partial charge in [0.25, 0.3) is 0 Å². The lowest BCUT2D eigenvalue weighted by Gasteiger charge is -2.01. The first-order valence-corrected chi connectivity index (χ1v) is 2.76. The highest BCUT2D eigenvalue weighted by molar-refractivity contribution is 6.07. The molecule has 9 heavy (non-hydrogen) atoms. The van der Waals surface area contributed by atoms with Crippen LogP contribution in [0.15, 0.2) is 0 Å². The Morgan fingerprint density at radius 2 is 2.33 bits per heavy atom. The van der Waals surface area contributed by atoms with Crippen LogP contribution < -0.4 is 11.1 Å². The number of nitrogens with two attached hydrogens (primary N) is 1. The number of hydrogen-bond acceptors (Lipinski definition) is 3. The van der Waals surface area contributed by atoms with E-state index in [1.54, 1.807) is 0 Å². The van der Waals surface area contributed by atoms with Crippen molar-refractivity contribution >= 4 is 11.7 Å². The Hall–Kier alpha value is -0.900. The second kappa shape index (κ2) is 2.14. The lowest BCUT2D eigenvalue weighted by atomic mass is 10.2. The third kappa shape index (κ3) is 1.08. The predicted molar refractivity (Wildman–Crippen MR) is 30.6 cm³/mol. The van der Waals surface area contributed by atoms with E-state index >= 15 is 0 Å². The molecule has 3 N–H and O–H groups in total. The summed E-state index contributed by atoms with van der Waals surface area (Å²) >= 11 is 0. The van der Waals surface area contributed by atoms with Gasteiger partial charge in [-0.25, -0.2) is 0 Å². The zero-order valence-electron chi connectivity index (χ0n) is 4.89. The molecule has 0 aliphatic carbocycles. The van der Waals surface area contributed by atoms with Crippen LogP contribution in [0.3, 0.4) is 0 Å². The van der Waals surface area contributed by atoms with Gasteiger partial charge in [0.1, 0.15) is 6.04 Å². The number of Topliss-reactive ketones (excluding diaryl/α,β-unsaturated/α-hetero) is 1. The molecule has 1 atom stereocenters. The molecule has 0 saturated carbocycles. The van der Waals surface area contributed by atoms with Crippen molar-refractivity contribution in [3.63, 3.8) is 0 Å². The summed E-state index contributed by atoms with van der Waals surface area (Å²) in [5.41, 5.74) is 5.15. The molecule has 1 saturated heterocycles. The summed E-state index contributed by atoms with van der Waals surface area (Å²) < 4.78 is 0. The van der Waals surface area contributed by atoms with Crippen molar-refractivity contribution in [2.45, 2.75) is 12.5 Å². The molecule has 0 spiro atoms. The number of nitrogens with one attached hydrogen (secondary N) is 1. The maximum Gasteiger partial charge on any atom is 0.228 e. The van der Waals surface area contributed by atoms with Gasteiger partial charge in [-0.3, -0.25) is 9.59 Å². The van der Waals surface area contributed by atoms with Crippen LogP contribution in [-0.4, -0.2) is 24.3 Å². The van der Waals surface area contributed by atoms with Crippen molar-refractivity contribution in [3.8, 4) is 0 Å². The third-order valence-electron chi connectivity index (χ3n) is 1.29. The molecule has 1 unspecified atom stereocenters. The molecule has 1 amide bonds. The van der Waals surface area contributed by atoms with E-state index in [0.717, 1.165) is 0 Å². The molecule has 0 aromatic rings. The molecule has 1 aliphatic heterocycles. The summed E-state index contributed by atoms with van der Waals surface area (Å²) in [5.74, 6) is -0.307. The zero-order valence-corrected chi connectivity index (χ0v) is 4.89. The molecule has 0 bridgehead atoms. The van der Waals surface area contributed by atoms with Crippen molar-refractivity contribution in [1.29, 1.82) is 0 Å². The topological polar surface area (TPSA) is 72.2 Å². The smallest absolute Gasteiger partial charge is 0.228 e. The maximum atomic E-state index is 10.7. The van der Waals surface area contributed by atoms with E-state index in [1.807, 2.05) is 0 Å². The maximum absolute atomic E-state index is 10.7. The fourth-order valence-corrected chi connectivity index (χ4v) is 0.798. The Kier molecular flexibility index (Phi) is 1.48. The first-order chi connectivity index (χ1) is 4.24. The lowest BCUT2D eigenvalue weighted by molar-refractivity contribution is -0.122. The highest BCUT2D eigenvalue weighted by Crippen LogP contribution is 1.99. The summed E-state index contributed by atoms with van der Waals surface area (Å²) in [6, 6.07) is -0.419. The quantitative estimate of drug-likeness (QED) is 0.418. The molecule has 1 heterocycles. The number of hydrogen-bond donors (Lipinski definition) is 2. The Labute approximate surface area is 52.4 Å². The van der Waals surface area contributed by atoms with Crippen LogP contribution in [-0.2, 0) is 9.59 Å². The predicted octanol–water partition coefficient (Wildman–Crippen LogP) is -1.60. The van der Waals surface area contributed by atoms with E-state index in [-0.39, 0.29) is 24.7 Å². The van der Waals surface area contributed by atoms with Gasteiger partial charge in [-0.15, -0.1) is 0 Å². The highest BCUT2D eigenvalue weighted by Gasteiger charge is 2.27. The largest absolute Gasteiger partial charge is 0.345 e. The van der Waals surface area contributed by atoms with E-state index in [4.69, 9.17) is 5.73 Å². The van der Waals surface area contributed by atoms with Crippen LogP contribution >= 0.6 is 0 Å².